The van der Waals surface area contributed by atoms with Crippen LogP contribution in [0.5, 0.6) is 0 Å². The van der Waals surface area contributed by atoms with Gasteiger partial charge in [-0.2, -0.15) is 0 Å². The van der Waals surface area contributed by atoms with E-state index in [1.165, 1.54) is 6.08 Å². The van der Waals surface area contributed by atoms with Crippen molar-refractivity contribution in [2.24, 2.45) is 5.41 Å². The summed E-state index contributed by atoms with van der Waals surface area (Å²) >= 11 is 0. The molecule has 0 aromatic heterocycles. The maximum atomic E-state index is 11.8. The highest BCUT2D eigenvalue weighted by Crippen LogP contribution is 2.38. The van der Waals surface area contributed by atoms with Crippen molar-refractivity contribution in [3.05, 3.63) is 34.9 Å². The summed E-state index contributed by atoms with van der Waals surface area (Å²) in [6.45, 7) is 7.05. The van der Waals surface area contributed by atoms with Crippen molar-refractivity contribution in [3.63, 3.8) is 0 Å². The van der Waals surface area contributed by atoms with Crippen LogP contribution in [-0.4, -0.2) is 30.1 Å². The highest BCUT2D eigenvalue weighted by molar-refractivity contribution is 5.84. The molecule has 0 radical (unpaired) electrons. The van der Waals surface area contributed by atoms with Gasteiger partial charge in [0.25, 0.3) is 0 Å². The quantitative estimate of drug-likeness (QED) is 0.479. The smallest absolute Gasteiger partial charge is 0.331 e. The Morgan fingerprint density at radius 3 is 2.63 bits per heavy atom. The minimum atomic E-state index is -0.558. The normalized spacial score (nSPS) is 22.4. The van der Waals surface area contributed by atoms with Crippen LogP contribution in [0.15, 0.2) is 34.9 Å². The number of allylic oxidation sites excluding steroid dienone is 2. The second-order valence-electron chi connectivity index (χ2n) is 5.34. The zero-order valence-corrected chi connectivity index (χ0v) is 11.8. The van der Waals surface area contributed by atoms with E-state index in [0.29, 0.717) is 11.1 Å². The van der Waals surface area contributed by atoms with Crippen LogP contribution >= 0.6 is 0 Å². The number of aliphatic hydroxyl groups is 1. The minimum Gasteiger partial charge on any atom is -0.454 e. The molecule has 0 aliphatic heterocycles. The third-order valence-electron chi connectivity index (χ3n) is 3.31. The lowest BCUT2D eigenvalue weighted by Crippen LogP contribution is -2.38. The first-order valence-electron chi connectivity index (χ1n) is 6.15. The van der Waals surface area contributed by atoms with Crippen LogP contribution in [0.1, 0.15) is 27.7 Å². The molecule has 4 nitrogen and oxygen atoms in total. The highest BCUT2D eigenvalue weighted by atomic mass is 16.5. The van der Waals surface area contributed by atoms with Crippen molar-refractivity contribution in [1.29, 1.82) is 0 Å². The van der Waals surface area contributed by atoms with Gasteiger partial charge in [0.1, 0.15) is 12.4 Å². The summed E-state index contributed by atoms with van der Waals surface area (Å²) in [5, 5.41) is 8.88. The lowest BCUT2D eigenvalue weighted by molar-refractivity contribution is -0.145. The summed E-state index contributed by atoms with van der Waals surface area (Å²) < 4.78 is 5.43. The Kier molecular flexibility index (Phi) is 4.84. The van der Waals surface area contributed by atoms with Gasteiger partial charge in [0.2, 0.25) is 0 Å². The average Bonchev–Trinajstić information content (AvgIpc) is 2.34. The Morgan fingerprint density at radius 2 is 2.11 bits per heavy atom. The summed E-state index contributed by atoms with van der Waals surface area (Å²) in [5.74, 6) is -0.510. The van der Waals surface area contributed by atoms with E-state index in [-0.39, 0.29) is 6.61 Å². The van der Waals surface area contributed by atoms with Crippen LogP contribution in [0.4, 0.5) is 0 Å². The Balaban J connectivity index is 2.95. The van der Waals surface area contributed by atoms with Crippen LogP contribution in [0.25, 0.3) is 0 Å². The number of hydrogen-bond acceptors (Lipinski definition) is 4. The molecule has 0 aromatic carbocycles. The van der Waals surface area contributed by atoms with Gasteiger partial charge in [0.05, 0.1) is 6.61 Å². The fourth-order valence-corrected chi connectivity index (χ4v) is 2.07. The summed E-state index contributed by atoms with van der Waals surface area (Å²) in [6, 6.07) is 0. The molecule has 104 valence electrons. The highest BCUT2D eigenvalue weighted by Gasteiger charge is 2.38. The Bertz CT molecular complexity index is 467. The maximum absolute atomic E-state index is 11.8. The molecule has 0 saturated heterocycles. The Labute approximate surface area is 113 Å². The number of esters is 1. The van der Waals surface area contributed by atoms with Crippen LogP contribution < -0.4 is 0 Å². The largest absolute Gasteiger partial charge is 0.454 e. The Hall–Kier alpha value is -1.68. The van der Waals surface area contributed by atoms with Crippen molar-refractivity contribution in [2.75, 3.05) is 6.61 Å². The van der Waals surface area contributed by atoms with Crippen molar-refractivity contribution in [3.8, 4) is 0 Å². The van der Waals surface area contributed by atoms with Gasteiger partial charge < -0.3 is 9.84 Å². The van der Waals surface area contributed by atoms with E-state index < -0.39 is 17.5 Å². The molecule has 0 heterocycles. The summed E-state index contributed by atoms with van der Waals surface area (Å²) in [4.78, 5) is 22.8. The molecule has 19 heavy (non-hydrogen) atoms. The van der Waals surface area contributed by atoms with Gasteiger partial charge >= 0.3 is 5.97 Å². The van der Waals surface area contributed by atoms with Crippen LogP contribution in [0, 0.1) is 5.41 Å². The maximum Gasteiger partial charge on any atom is 0.331 e. The summed E-state index contributed by atoms with van der Waals surface area (Å²) in [7, 11) is 0. The molecule has 0 aromatic rings. The van der Waals surface area contributed by atoms with Gasteiger partial charge in [-0.1, -0.05) is 26.0 Å². The predicted molar refractivity (Wildman–Crippen MR) is 72.4 cm³/mol. The minimum absolute atomic E-state index is 0.183. The number of rotatable bonds is 4. The fraction of sp³-hybridized carbons (Fsp3) is 0.467. The fourth-order valence-electron chi connectivity index (χ4n) is 2.07. The molecule has 1 aliphatic carbocycles. The molecule has 1 atom stereocenters. The van der Waals surface area contributed by atoms with E-state index in [0.717, 1.165) is 11.9 Å². The van der Waals surface area contributed by atoms with E-state index in [1.54, 1.807) is 19.1 Å². The van der Waals surface area contributed by atoms with Gasteiger partial charge in [-0.05, 0) is 25.0 Å². The van der Waals surface area contributed by atoms with Gasteiger partial charge in [-0.25, -0.2) is 4.79 Å². The van der Waals surface area contributed by atoms with Crippen LogP contribution in [0.3, 0.4) is 0 Å². The van der Waals surface area contributed by atoms with Gasteiger partial charge in [-0.3, -0.25) is 4.79 Å². The number of carbonyl (C=O) groups is 2. The lowest BCUT2D eigenvalue weighted by Gasteiger charge is -2.36. The SMILES string of the molecule is CC1=CC=C(C=O)C(C)(C)C1OC(=O)/C=C(\C)CO. The molecule has 0 amide bonds. The van der Waals surface area contributed by atoms with Gasteiger partial charge in [0.15, 0.2) is 0 Å². The summed E-state index contributed by atoms with van der Waals surface area (Å²) in [5.41, 5.74) is 1.46. The zero-order valence-electron chi connectivity index (χ0n) is 11.8. The molecule has 4 heteroatoms. The van der Waals surface area contributed by atoms with Gasteiger partial charge in [0, 0.05) is 17.1 Å². The number of aldehydes is 1. The van der Waals surface area contributed by atoms with Crippen molar-refractivity contribution >= 4 is 12.3 Å². The monoisotopic (exact) mass is 264 g/mol. The molecule has 0 fully saturated rings. The molecular weight excluding hydrogens is 244 g/mol. The molecule has 1 unspecified atom stereocenters. The molecule has 0 spiro atoms. The standard InChI is InChI=1S/C15H20O4/c1-10(8-16)7-13(18)19-14-11(2)5-6-12(9-17)15(14,3)4/h5-7,9,14,16H,8H2,1-4H3/b10-7+. The third kappa shape index (κ3) is 3.41. The van der Waals surface area contributed by atoms with E-state index in [9.17, 15) is 9.59 Å². The van der Waals surface area contributed by atoms with Crippen molar-refractivity contribution in [1.82, 2.24) is 0 Å². The number of carbonyl (C=O) groups excluding carboxylic acids is 2. The van der Waals surface area contributed by atoms with E-state index >= 15 is 0 Å². The van der Waals surface area contributed by atoms with Crippen molar-refractivity contribution in [2.45, 2.75) is 33.8 Å². The summed E-state index contributed by atoms with van der Waals surface area (Å²) in [6.07, 6.45) is 5.12. The van der Waals surface area contributed by atoms with Crippen molar-refractivity contribution < 1.29 is 19.4 Å². The molecule has 1 aliphatic rings. The first-order chi connectivity index (χ1) is 8.82. The second kappa shape index (κ2) is 5.97. The van der Waals surface area contributed by atoms with Gasteiger partial charge in [-0.15, -0.1) is 0 Å². The van der Waals surface area contributed by atoms with Crippen LogP contribution in [0.2, 0.25) is 0 Å². The molecular formula is C15H20O4. The number of ether oxygens (including phenoxy) is 1. The topological polar surface area (TPSA) is 63.6 Å². The Morgan fingerprint density at radius 1 is 1.47 bits per heavy atom. The predicted octanol–water partition coefficient (Wildman–Crippen LogP) is 1.95. The van der Waals surface area contributed by atoms with E-state index in [1.807, 2.05) is 20.8 Å². The molecule has 0 saturated carbocycles. The molecule has 1 rings (SSSR count). The van der Waals surface area contributed by atoms with E-state index in [4.69, 9.17) is 9.84 Å². The third-order valence-corrected chi connectivity index (χ3v) is 3.31. The first-order valence-corrected chi connectivity index (χ1v) is 6.15. The average molecular weight is 264 g/mol. The second-order valence-corrected chi connectivity index (χ2v) is 5.34. The number of hydrogen-bond donors (Lipinski definition) is 1. The van der Waals surface area contributed by atoms with E-state index in [2.05, 4.69) is 0 Å². The first kappa shape index (κ1) is 15.4. The number of aliphatic hydroxyl groups excluding tert-OH is 1. The molecule has 1 N–H and O–H groups in total. The van der Waals surface area contributed by atoms with Crippen LogP contribution in [-0.2, 0) is 14.3 Å². The molecule has 0 bridgehead atoms. The lowest BCUT2D eigenvalue weighted by atomic mass is 9.73. The zero-order chi connectivity index (χ0) is 14.6.